The summed E-state index contributed by atoms with van der Waals surface area (Å²) in [6.07, 6.45) is 6.05. The first-order valence-corrected chi connectivity index (χ1v) is 13.5. The van der Waals surface area contributed by atoms with Crippen LogP contribution in [0.25, 0.3) is 5.70 Å². The molecule has 3 aliphatic rings. The number of piperazine rings is 1. The second-order valence-electron chi connectivity index (χ2n) is 9.90. The van der Waals surface area contributed by atoms with Gasteiger partial charge in [0.25, 0.3) is 0 Å². The summed E-state index contributed by atoms with van der Waals surface area (Å²) in [7, 11) is 0. The van der Waals surface area contributed by atoms with Crippen LogP contribution in [-0.2, 0) is 4.74 Å². The second kappa shape index (κ2) is 11.1. The van der Waals surface area contributed by atoms with Gasteiger partial charge in [-0.05, 0) is 45.2 Å². The maximum absolute atomic E-state index is 12.1. The largest absolute Gasteiger partial charge is 0.462 e. The molecule has 0 bridgehead atoms. The average Bonchev–Trinajstić information content (AvgIpc) is 3.34. The molecule has 1 N–H and O–H groups in total. The van der Waals surface area contributed by atoms with Crippen molar-refractivity contribution in [1.29, 1.82) is 0 Å². The molecule has 2 unspecified atom stereocenters. The number of halogens is 1. The van der Waals surface area contributed by atoms with E-state index >= 15 is 0 Å². The summed E-state index contributed by atoms with van der Waals surface area (Å²) in [6.45, 7) is 9.93. The smallest absolute Gasteiger partial charge is 0.339 e. The number of likely N-dealkylation sites (tertiary alicyclic amines) is 1. The van der Waals surface area contributed by atoms with Crippen molar-refractivity contribution in [2.75, 3.05) is 37.7 Å². The van der Waals surface area contributed by atoms with Crippen LogP contribution >= 0.6 is 11.6 Å². The Labute approximate surface area is 224 Å². The van der Waals surface area contributed by atoms with Crippen LogP contribution in [0.15, 0.2) is 53.7 Å². The van der Waals surface area contributed by atoms with Crippen LogP contribution in [-0.4, -0.2) is 77.7 Å². The van der Waals surface area contributed by atoms with Gasteiger partial charge in [-0.2, -0.15) is 0 Å². The number of aromatic nitrogens is 1. The molecular formula is C28H35ClN6O2. The van der Waals surface area contributed by atoms with Crippen molar-refractivity contribution in [2.24, 2.45) is 4.99 Å². The molecule has 1 aromatic heterocycles. The molecule has 1 aromatic carbocycles. The van der Waals surface area contributed by atoms with E-state index in [-0.39, 0.29) is 12.3 Å². The minimum absolute atomic E-state index is 0.0792. The van der Waals surface area contributed by atoms with Crippen molar-refractivity contribution in [2.45, 2.75) is 52.0 Å². The molecule has 0 aliphatic carbocycles. The van der Waals surface area contributed by atoms with E-state index in [1.807, 2.05) is 6.07 Å². The van der Waals surface area contributed by atoms with Gasteiger partial charge in [0.2, 0.25) is 0 Å². The topological polar surface area (TPSA) is 73.3 Å². The Morgan fingerprint density at radius 2 is 1.97 bits per heavy atom. The summed E-state index contributed by atoms with van der Waals surface area (Å²) in [5, 5.41) is 4.15. The van der Waals surface area contributed by atoms with Gasteiger partial charge in [0.15, 0.2) is 6.29 Å². The Hall–Kier alpha value is -3.10. The number of esters is 1. The van der Waals surface area contributed by atoms with Crippen LogP contribution in [0.4, 0.5) is 5.82 Å². The van der Waals surface area contributed by atoms with Crippen LogP contribution in [0.5, 0.6) is 0 Å². The maximum atomic E-state index is 12.1. The van der Waals surface area contributed by atoms with E-state index in [1.54, 1.807) is 19.2 Å². The van der Waals surface area contributed by atoms with Crippen LogP contribution in [0.2, 0.25) is 5.02 Å². The van der Waals surface area contributed by atoms with E-state index in [9.17, 15) is 4.79 Å². The third-order valence-electron chi connectivity index (χ3n) is 7.37. The van der Waals surface area contributed by atoms with Crippen molar-refractivity contribution < 1.29 is 9.53 Å². The quantitative estimate of drug-likeness (QED) is 0.589. The highest BCUT2D eigenvalue weighted by atomic mass is 35.5. The first-order valence-electron chi connectivity index (χ1n) is 13.2. The summed E-state index contributed by atoms with van der Waals surface area (Å²) >= 11 is 6.56. The first kappa shape index (κ1) is 25.5. The van der Waals surface area contributed by atoms with E-state index in [0.717, 1.165) is 43.3 Å². The average molecular weight is 523 g/mol. The Bertz CT molecular complexity index is 1190. The van der Waals surface area contributed by atoms with E-state index < -0.39 is 5.97 Å². The van der Waals surface area contributed by atoms with Crippen molar-refractivity contribution in [1.82, 2.24) is 20.1 Å². The highest BCUT2D eigenvalue weighted by molar-refractivity contribution is 6.33. The number of carbonyl (C=O) groups excluding carboxylic acids is 1. The van der Waals surface area contributed by atoms with Crippen LogP contribution in [0, 0.1) is 0 Å². The fraction of sp³-hybridized carbons (Fsp3) is 0.464. The predicted molar refractivity (Wildman–Crippen MR) is 148 cm³/mol. The predicted octanol–water partition coefficient (Wildman–Crippen LogP) is 4.23. The van der Waals surface area contributed by atoms with E-state index in [4.69, 9.17) is 21.3 Å². The monoisotopic (exact) mass is 522 g/mol. The molecule has 0 spiro atoms. The molecule has 0 saturated carbocycles. The zero-order valence-electron chi connectivity index (χ0n) is 21.7. The van der Waals surface area contributed by atoms with Crippen LogP contribution in [0.1, 0.15) is 49.5 Å². The number of aliphatic imine (C=N–C) groups is 1. The molecule has 8 nitrogen and oxygen atoms in total. The van der Waals surface area contributed by atoms with Gasteiger partial charge in [-0.15, -0.1) is 0 Å². The summed E-state index contributed by atoms with van der Waals surface area (Å²) in [6, 6.07) is 12.8. The lowest BCUT2D eigenvalue weighted by Crippen LogP contribution is -2.56. The number of anilines is 1. The Morgan fingerprint density at radius 1 is 1.16 bits per heavy atom. The molecule has 0 amide bonds. The molecule has 0 radical (unpaired) electrons. The first-order chi connectivity index (χ1) is 17.9. The zero-order chi connectivity index (χ0) is 25.9. The summed E-state index contributed by atoms with van der Waals surface area (Å²) < 4.78 is 5.07. The number of amidine groups is 1. The van der Waals surface area contributed by atoms with E-state index in [0.29, 0.717) is 29.1 Å². The molecule has 2 aromatic rings. The van der Waals surface area contributed by atoms with Gasteiger partial charge in [-0.25, -0.2) is 14.8 Å². The number of ether oxygens (including phenoxy) is 1. The number of pyridine rings is 1. The number of hydrogen-bond acceptors (Lipinski definition) is 8. The SMILES string of the molecule is CCOC(=O)c1cnc(N2CCN(C3=NC(N4CCCC4C)NC(c4ccccc4)=C3)[C@H](C)C2)c(Cl)c1. The number of benzene rings is 1. The lowest BCUT2D eigenvalue weighted by atomic mass is 10.1. The lowest BCUT2D eigenvalue weighted by molar-refractivity contribution is 0.0526. The van der Waals surface area contributed by atoms with Crippen molar-refractivity contribution >= 4 is 34.9 Å². The Kier molecular flexibility index (Phi) is 7.67. The minimum Gasteiger partial charge on any atom is -0.462 e. The molecule has 3 atom stereocenters. The van der Waals surface area contributed by atoms with Crippen molar-refractivity contribution in [3.05, 3.63) is 64.8 Å². The van der Waals surface area contributed by atoms with Gasteiger partial charge in [-0.3, -0.25) is 4.90 Å². The van der Waals surface area contributed by atoms with Gasteiger partial charge < -0.3 is 19.9 Å². The standard InChI is InChI=1S/C28H35ClN6O2/c1-4-37-27(36)22-15-23(29)26(30-17-22)33-13-14-34(20(3)18-33)25-16-24(21-10-6-5-7-11-21)31-28(32-25)35-12-8-9-19(35)2/h5-7,10-11,15-17,19-20,28,31H,4,8-9,12-14,18H2,1-3H3/t19?,20-,28?/m1/s1. The van der Waals surface area contributed by atoms with Crippen molar-refractivity contribution in [3.63, 3.8) is 0 Å². The molecule has 9 heteroatoms. The fourth-order valence-corrected chi connectivity index (χ4v) is 5.69. The number of carbonyl (C=O) groups is 1. The van der Waals surface area contributed by atoms with E-state index in [1.165, 1.54) is 12.8 Å². The van der Waals surface area contributed by atoms with Gasteiger partial charge in [0.05, 0.1) is 17.2 Å². The Morgan fingerprint density at radius 3 is 2.65 bits per heavy atom. The number of hydrogen-bond donors (Lipinski definition) is 1. The zero-order valence-corrected chi connectivity index (χ0v) is 22.5. The molecule has 5 rings (SSSR count). The third kappa shape index (κ3) is 5.45. The lowest BCUT2D eigenvalue weighted by Gasteiger charge is -2.43. The second-order valence-corrected chi connectivity index (χ2v) is 10.3. The molecule has 3 aliphatic heterocycles. The molecule has 196 valence electrons. The van der Waals surface area contributed by atoms with Crippen LogP contribution in [0.3, 0.4) is 0 Å². The number of rotatable bonds is 5. The van der Waals surface area contributed by atoms with Gasteiger partial charge >= 0.3 is 5.97 Å². The van der Waals surface area contributed by atoms with Gasteiger partial charge in [0, 0.05) is 56.2 Å². The summed E-state index contributed by atoms with van der Waals surface area (Å²) in [4.78, 5) is 28.8. The molecule has 2 saturated heterocycles. The van der Waals surface area contributed by atoms with Crippen LogP contribution < -0.4 is 10.2 Å². The fourth-order valence-electron chi connectivity index (χ4n) is 5.40. The molecule has 4 heterocycles. The number of nitrogens with zero attached hydrogens (tertiary/aromatic N) is 5. The normalized spacial score (nSPS) is 24.4. The van der Waals surface area contributed by atoms with E-state index in [2.05, 4.69) is 69.2 Å². The minimum atomic E-state index is -0.409. The highest BCUT2D eigenvalue weighted by Crippen LogP contribution is 2.29. The van der Waals surface area contributed by atoms with Gasteiger partial charge in [0.1, 0.15) is 11.7 Å². The summed E-state index contributed by atoms with van der Waals surface area (Å²) in [5.41, 5.74) is 2.63. The number of nitrogens with one attached hydrogen (secondary N) is 1. The molecular weight excluding hydrogens is 488 g/mol. The molecule has 2 fully saturated rings. The van der Waals surface area contributed by atoms with Gasteiger partial charge in [-0.1, -0.05) is 41.9 Å². The van der Waals surface area contributed by atoms with Crippen molar-refractivity contribution in [3.8, 4) is 0 Å². The Balaban J connectivity index is 1.36. The summed E-state index contributed by atoms with van der Waals surface area (Å²) in [5.74, 6) is 1.29. The molecule has 37 heavy (non-hydrogen) atoms. The highest BCUT2D eigenvalue weighted by Gasteiger charge is 2.33. The maximum Gasteiger partial charge on any atom is 0.339 e. The third-order valence-corrected chi connectivity index (χ3v) is 7.65.